The minimum absolute atomic E-state index is 0.475. The fourth-order valence-electron chi connectivity index (χ4n) is 7.16. The van der Waals surface area contributed by atoms with E-state index < -0.39 is 17.2 Å². The molecule has 0 fully saturated rings. The monoisotopic (exact) mass is 851 g/mol. The van der Waals surface area contributed by atoms with Gasteiger partial charge in [0.05, 0.1) is 26.4 Å². The molecule has 346 valence electrons. The molecule has 0 bridgehead atoms. The molecule has 8 heteroatoms. The summed E-state index contributed by atoms with van der Waals surface area (Å²) in [4.78, 5) is 16.9. The predicted octanol–water partition coefficient (Wildman–Crippen LogP) is 18.4. The van der Waals surface area contributed by atoms with Crippen LogP contribution in [-0.4, -0.2) is 36.2 Å². The molecule has 57 heavy (non-hydrogen) atoms. The van der Waals surface area contributed by atoms with Crippen LogP contribution < -0.4 is 0 Å². The first-order valence-electron chi connectivity index (χ1n) is 25.5. The van der Waals surface area contributed by atoms with Crippen LogP contribution in [0, 0.1) is 5.92 Å². The lowest BCUT2D eigenvalue weighted by Crippen LogP contribution is -2.00. The van der Waals surface area contributed by atoms with Crippen LogP contribution in [0.25, 0.3) is 0 Å². The number of hydrogen-bond donors (Lipinski definition) is 2. The highest BCUT2D eigenvalue weighted by Crippen LogP contribution is 2.40. The van der Waals surface area contributed by atoms with Crippen LogP contribution in [0.5, 0.6) is 0 Å². The van der Waals surface area contributed by atoms with Crippen molar-refractivity contribution in [3.8, 4) is 0 Å². The lowest BCUT2D eigenvalue weighted by molar-refractivity contribution is 0.153. The first-order chi connectivity index (χ1) is 28.0. The lowest BCUT2D eigenvalue weighted by Gasteiger charge is -2.17. The second-order valence-corrected chi connectivity index (χ2v) is 19.4. The average molecular weight is 851 g/mol. The van der Waals surface area contributed by atoms with Crippen LogP contribution in [0.1, 0.15) is 285 Å². The molecule has 0 amide bonds. The van der Waals surface area contributed by atoms with Crippen LogP contribution in [0.3, 0.4) is 0 Å². The Morgan fingerprint density at radius 1 is 0.298 bits per heavy atom. The molecule has 0 unspecified atom stereocenters. The Balaban J connectivity index is 0. The molecule has 0 atom stereocenters. The van der Waals surface area contributed by atoms with Gasteiger partial charge in [0.25, 0.3) is 0 Å². The molecule has 0 aromatic rings. The van der Waals surface area contributed by atoms with E-state index in [1.807, 2.05) is 0 Å². The Kier molecular flexibility index (Phi) is 57.2. The van der Waals surface area contributed by atoms with Crippen molar-refractivity contribution in [2.24, 2.45) is 5.92 Å². The van der Waals surface area contributed by atoms with E-state index >= 15 is 0 Å². The van der Waals surface area contributed by atoms with Crippen molar-refractivity contribution in [1.82, 2.24) is 0 Å². The van der Waals surface area contributed by atoms with Crippen molar-refractivity contribution >= 4 is 17.2 Å². The van der Waals surface area contributed by atoms with E-state index in [2.05, 4.69) is 39.1 Å². The van der Waals surface area contributed by atoms with Crippen LogP contribution in [-0.2, 0) is 18.1 Å². The summed E-state index contributed by atoms with van der Waals surface area (Å²) in [5, 5.41) is 0. The molecule has 0 aliphatic carbocycles. The zero-order valence-electron chi connectivity index (χ0n) is 39.4. The van der Waals surface area contributed by atoms with Gasteiger partial charge in [-0.3, -0.25) is 0 Å². The molecule has 0 aliphatic rings. The Morgan fingerprint density at radius 3 is 0.737 bits per heavy atom. The standard InChI is InChI=1S/C39H81O3P.C10H23O3P/c1-4-7-10-13-16-19-22-25-28-31-34-37-40-43(41-38-35-32-29-26-23-20-17-14-11-8-5-2)42-39-36-33-30-27-24-21-18-15-12-9-6-3;1-10(2)8-6-4-3-5-7-9-13-14(11)12/h4-39H2,1-3H3;10-12H,3-9H2,1-2H3. The zero-order valence-corrected chi connectivity index (χ0v) is 41.2. The van der Waals surface area contributed by atoms with Crippen molar-refractivity contribution in [3.05, 3.63) is 0 Å². The molecule has 0 radical (unpaired) electrons. The molecule has 0 saturated carbocycles. The molecule has 0 aromatic carbocycles. The molecule has 0 saturated heterocycles. The highest BCUT2D eigenvalue weighted by molar-refractivity contribution is 7.41. The topological polar surface area (TPSA) is 77.4 Å². The molecule has 2 N–H and O–H groups in total. The van der Waals surface area contributed by atoms with Gasteiger partial charge in [-0.05, 0) is 31.6 Å². The first kappa shape index (κ1) is 59.7. The van der Waals surface area contributed by atoms with E-state index in [9.17, 15) is 0 Å². The summed E-state index contributed by atoms with van der Waals surface area (Å²) in [7, 11) is -3.31. The van der Waals surface area contributed by atoms with Gasteiger partial charge in [-0.2, -0.15) is 0 Å². The normalized spacial score (nSPS) is 11.7. The third-order valence-corrected chi connectivity index (χ3v) is 12.6. The van der Waals surface area contributed by atoms with E-state index in [1.165, 1.54) is 218 Å². The summed E-state index contributed by atoms with van der Waals surface area (Å²) in [6.07, 6.45) is 52.2. The Hall–Kier alpha value is 0.620. The molecule has 0 heterocycles. The van der Waals surface area contributed by atoms with Gasteiger partial charge in [-0.15, -0.1) is 0 Å². The van der Waals surface area contributed by atoms with Crippen molar-refractivity contribution < 1.29 is 27.9 Å². The summed E-state index contributed by atoms with van der Waals surface area (Å²) in [6, 6.07) is 0. The van der Waals surface area contributed by atoms with E-state index in [4.69, 9.17) is 23.4 Å². The number of rotatable bonds is 48. The highest BCUT2D eigenvalue weighted by atomic mass is 31.2. The summed E-state index contributed by atoms with van der Waals surface area (Å²) in [5.41, 5.74) is 0. The molecule has 0 spiro atoms. The lowest BCUT2D eigenvalue weighted by atomic mass is 10.0. The van der Waals surface area contributed by atoms with Gasteiger partial charge in [0, 0.05) is 0 Å². The van der Waals surface area contributed by atoms with Crippen LogP contribution >= 0.6 is 17.2 Å². The van der Waals surface area contributed by atoms with Gasteiger partial charge in [0.1, 0.15) is 0 Å². The van der Waals surface area contributed by atoms with Crippen molar-refractivity contribution in [2.75, 3.05) is 26.4 Å². The van der Waals surface area contributed by atoms with E-state index in [-0.39, 0.29) is 0 Å². The Morgan fingerprint density at radius 2 is 0.509 bits per heavy atom. The van der Waals surface area contributed by atoms with Gasteiger partial charge in [-0.1, -0.05) is 259 Å². The minimum Gasteiger partial charge on any atom is -0.328 e. The van der Waals surface area contributed by atoms with Gasteiger partial charge in [0.2, 0.25) is 0 Å². The van der Waals surface area contributed by atoms with Gasteiger partial charge in [0.15, 0.2) is 0 Å². The number of hydrogen-bond acceptors (Lipinski definition) is 6. The molecular formula is C49H104O6P2. The molecular weight excluding hydrogens is 746 g/mol. The Labute approximate surface area is 361 Å². The minimum atomic E-state index is -2.14. The van der Waals surface area contributed by atoms with Gasteiger partial charge in [-0.25, -0.2) is 0 Å². The van der Waals surface area contributed by atoms with E-state index in [1.54, 1.807) is 0 Å². The number of unbranched alkanes of at least 4 members (excludes halogenated alkanes) is 34. The molecule has 0 aromatic heterocycles. The fraction of sp³-hybridized carbons (Fsp3) is 1.00. The van der Waals surface area contributed by atoms with Crippen LogP contribution in [0.2, 0.25) is 0 Å². The van der Waals surface area contributed by atoms with Crippen molar-refractivity contribution in [1.29, 1.82) is 0 Å². The van der Waals surface area contributed by atoms with Gasteiger partial charge >= 0.3 is 17.2 Å². The smallest absolute Gasteiger partial charge is 0.328 e. The maximum Gasteiger partial charge on any atom is 0.332 e. The van der Waals surface area contributed by atoms with Crippen LogP contribution in [0.4, 0.5) is 0 Å². The molecule has 0 aliphatic heterocycles. The summed E-state index contributed by atoms with van der Waals surface area (Å²) in [6.45, 7) is 14.2. The SMILES string of the molecule is CC(C)CCCCCCCOP(O)O.CCCCCCCCCCCCCOP(OCCCCCCCCCCCCC)OCCCCCCCCCCCCC. The first-order valence-corrected chi connectivity index (χ1v) is 27.7. The summed E-state index contributed by atoms with van der Waals surface area (Å²) >= 11 is 0. The molecule has 0 rings (SSSR count). The second kappa shape index (κ2) is 54.6. The Bertz CT molecular complexity index is 606. The largest absolute Gasteiger partial charge is 0.332 e. The quantitative estimate of drug-likeness (QED) is 0.0469. The van der Waals surface area contributed by atoms with Crippen molar-refractivity contribution in [3.63, 3.8) is 0 Å². The second-order valence-electron chi connectivity index (χ2n) is 17.4. The average Bonchev–Trinajstić information content (AvgIpc) is 3.19. The fourth-order valence-corrected chi connectivity index (χ4v) is 8.51. The van der Waals surface area contributed by atoms with Crippen molar-refractivity contribution in [2.45, 2.75) is 285 Å². The molecule has 6 nitrogen and oxygen atoms in total. The third-order valence-electron chi connectivity index (χ3n) is 11.0. The maximum absolute atomic E-state index is 8.45. The highest BCUT2D eigenvalue weighted by Gasteiger charge is 2.12. The predicted molar refractivity (Wildman–Crippen MR) is 254 cm³/mol. The third kappa shape index (κ3) is 58.8. The van der Waals surface area contributed by atoms with Crippen LogP contribution in [0.15, 0.2) is 0 Å². The maximum atomic E-state index is 8.45. The summed E-state index contributed by atoms with van der Waals surface area (Å²) < 4.78 is 23.1. The van der Waals surface area contributed by atoms with E-state index in [0.29, 0.717) is 6.61 Å². The summed E-state index contributed by atoms with van der Waals surface area (Å²) in [5.74, 6) is 0.811. The zero-order chi connectivity index (χ0) is 42.0. The van der Waals surface area contributed by atoms with Gasteiger partial charge < -0.3 is 27.9 Å². The van der Waals surface area contributed by atoms with E-state index in [0.717, 1.165) is 57.8 Å².